The van der Waals surface area contributed by atoms with Gasteiger partial charge in [0.05, 0.1) is 5.69 Å². The molecule has 3 rings (SSSR count). The number of carboxylic acids is 1. The Morgan fingerprint density at radius 3 is 2.53 bits per heavy atom. The van der Waals surface area contributed by atoms with Gasteiger partial charge in [-0.25, -0.2) is 4.98 Å². The SMILES string of the molecule is Cc1[nH]c(C2(C(=O)O)CC2)nc1-c1ccc(Br)cc1. The third kappa shape index (κ3) is 1.98. The lowest BCUT2D eigenvalue weighted by Crippen LogP contribution is -2.21. The number of rotatable bonds is 3. The maximum Gasteiger partial charge on any atom is 0.317 e. The van der Waals surface area contributed by atoms with Crippen molar-refractivity contribution in [3.8, 4) is 11.3 Å². The lowest BCUT2D eigenvalue weighted by atomic mass is 10.1. The fraction of sp³-hybridized carbons (Fsp3) is 0.286. The highest BCUT2D eigenvalue weighted by atomic mass is 79.9. The van der Waals surface area contributed by atoms with E-state index in [0.29, 0.717) is 18.7 Å². The highest BCUT2D eigenvalue weighted by Gasteiger charge is 2.54. The molecule has 0 amide bonds. The summed E-state index contributed by atoms with van der Waals surface area (Å²) in [5, 5.41) is 9.30. The van der Waals surface area contributed by atoms with Crippen LogP contribution in [0.3, 0.4) is 0 Å². The first-order valence-electron chi connectivity index (χ1n) is 6.09. The predicted molar refractivity (Wildman–Crippen MR) is 75.0 cm³/mol. The highest BCUT2D eigenvalue weighted by molar-refractivity contribution is 9.10. The highest BCUT2D eigenvalue weighted by Crippen LogP contribution is 2.47. The maximum atomic E-state index is 11.3. The summed E-state index contributed by atoms with van der Waals surface area (Å²) < 4.78 is 1.01. The van der Waals surface area contributed by atoms with Gasteiger partial charge in [0.25, 0.3) is 0 Å². The van der Waals surface area contributed by atoms with Gasteiger partial charge in [-0.3, -0.25) is 4.79 Å². The Morgan fingerprint density at radius 1 is 1.37 bits per heavy atom. The first-order chi connectivity index (χ1) is 9.03. The predicted octanol–water partition coefficient (Wildman–Crippen LogP) is 3.26. The zero-order valence-corrected chi connectivity index (χ0v) is 12.0. The molecular formula is C14H13BrN2O2. The molecular weight excluding hydrogens is 308 g/mol. The van der Waals surface area contributed by atoms with E-state index in [1.165, 1.54) is 0 Å². The molecule has 1 aromatic carbocycles. The van der Waals surface area contributed by atoms with Crippen LogP contribution in [0.15, 0.2) is 28.7 Å². The fourth-order valence-electron chi connectivity index (χ4n) is 2.25. The van der Waals surface area contributed by atoms with Crippen molar-refractivity contribution in [2.24, 2.45) is 0 Å². The van der Waals surface area contributed by atoms with Gasteiger partial charge in [-0.1, -0.05) is 28.1 Å². The minimum Gasteiger partial charge on any atom is -0.480 e. The molecule has 0 saturated heterocycles. The summed E-state index contributed by atoms with van der Waals surface area (Å²) in [6.45, 7) is 1.92. The van der Waals surface area contributed by atoms with Crippen molar-refractivity contribution in [1.29, 1.82) is 0 Å². The Labute approximate surface area is 119 Å². The summed E-state index contributed by atoms with van der Waals surface area (Å²) in [6.07, 6.45) is 1.32. The zero-order valence-electron chi connectivity index (χ0n) is 10.4. The topological polar surface area (TPSA) is 66.0 Å². The van der Waals surface area contributed by atoms with Gasteiger partial charge < -0.3 is 10.1 Å². The van der Waals surface area contributed by atoms with Crippen molar-refractivity contribution in [2.75, 3.05) is 0 Å². The second-order valence-electron chi connectivity index (χ2n) is 4.95. The average Bonchev–Trinajstić information content (AvgIpc) is 3.10. The molecule has 5 heteroatoms. The number of imidazole rings is 1. The molecule has 1 aromatic heterocycles. The summed E-state index contributed by atoms with van der Waals surface area (Å²) in [5.41, 5.74) is 1.95. The number of aryl methyl sites for hydroxylation is 1. The summed E-state index contributed by atoms with van der Waals surface area (Å²) in [5.74, 6) is -0.209. The maximum absolute atomic E-state index is 11.3. The van der Waals surface area contributed by atoms with Crippen molar-refractivity contribution in [3.63, 3.8) is 0 Å². The lowest BCUT2D eigenvalue weighted by Gasteiger charge is -2.04. The summed E-state index contributed by atoms with van der Waals surface area (Å²) >= 11 is 3.40. The van der Waals surface area contributed by atoms with Gasteiger partial charge in [0.15, 0.2) is 0 Å². The van der Waals surface area contributed by atoms with E-state index in [1.54, 1.807) is 0 Å². The molecule has 0 radical (unpaired) electrons. The van der Waals surface area contributed by atoms with E-state index < -0.39 is 11.4 Å². The van der Waals surface area contributed by atoms with E-state index in [9.17, 15) is 9.90 Å². The quantitative estimate of drug-likeness (QED) is 0.912. The van der Waals surface area contributed by atoms with Crippen molar-refractivity contribution in [2.45, 2.75) is 25.2 Å². The Kier molecular flexibility index (Phi) is 2.74. The number of halogens is 1. The zero-order chi connectivity index (χ0) is 13.6. The normalized spacial score (nSPS) is 16.3. The Hall–Kier alpha value is -1.62. The van der Waals surface area contributed by atoms with Gasteiger partial charge in [0.1, 0.15) is 11.2 Å². The second-order valence-corrected chi connectivity index (χ2v) is 5.87. The third-order valence-corrected chi connectivity index (χ3v) is 4.14. The summed E-state index contributed by atoms with van der Waals surface area (Å²) in [4.78, 5) is 19.0. The van der Waals surface area contributed by atoms with Gasteiger partial charge >= 0.3 is 5.97 Å². The number of benzene rings is 1. The van der Waals surface area contributed by atoms with E-state index in [4.69, 9.17) is 0 Å². The molecule has 1 heterocycles. The number of carbonyl (C=O) groups is 1. The summed E-state index contributed by atoms with van der Waals surface area (Å²) in [6, 6.07) is 7.84. The Balaban J connectivity index is 2.03. The lowest BCUT2D eigenvalue weighted by molar-refractivity contribution is -0.140. The van der Waals surface area contributed by atoms with Crippen LogP contribution >= 0.6 is 15.9 Å². The number of H-pyrrole nitrogens is 1. The number of hydrogen-bond acceptors (Lipinski definition) is 2. The van der Waals surface area contributed by atoms with E-state index in [0.717, 1.165) is 21.4 Å². The molecule has 0 aliphatic heterocycles. The van der Waals surface area contributed by atoms with Crippen molar-refractivity contribution in [1.82, 2.24) is 9.97 Å². The van der Waals surface area contributed by atoms with Gasteiger partial charge in [-0.05, 0) is 31.9 Å². The number of aliphatic carboxylic acids is 1. The number of aromatic amines is 1. The minimum atomic E-state index is -0.788. The second kappa shape index (κ2) is 4.20. The van der Waals surface area contributed by atoms with Crippen LogP contribution in [0.4, 0.5) is 0 Å². The number of carboxylic acid groups (broad SMARTS) is 1. The minimum absolute atomic E-state index is 0.579. The molecule has 4 nitrogen and oxygen atoms in total. The first-order valence-corrected chi connectivity index (χ1v) is 6.89. The average molecular weight is 321 g/mol. The van der Waals surface area contributed by atoms with Crippen LogP contribution in [0, 0.1) is 6.92 Å². The molecule has 0 spiro atoms. The van der Waals surface area contributed by atoms with Gasteiger partial charge in [-0.15, -0.1) is 0 Å². The molecule has 0 atom stereocenters. The number of aromatic nitrogens is 2. The van der Waals surface area contributed by atoms with Crippen molar-refractivity contribution < 1.29 is 9.90 Å². The van der Waals surface area contributed by atoms with Crippen LogP contribution in [0.2, 0.25) is 0 Å². The molecule has 2 N–H and O–H groups in total. The van der Waals surface area contributed by atoms with Gasteiger partial charge in [0.2, 0.25) is 0 Å². The molecule has 19 heavy (non-hydrogen) atoms. The fourth-order valence-corrected chi connectivity index (χ4v) is 2.52. The van der Waals surface area contributed by atoms with Crippen molar-refractivity contribution >= 4 is 21.9 Å². The number of nitrogens with one attached hydrogen (secondary N) is 1. The van der Waals surface area contributed by atoms with Crippen molar-refractivity contribution in [3.05, 3.63) is 40.3 Å². The van der Waals surface area contributed by atoms with Gasteiger partial charge in [-0.2, -0.15) is 0 Å². The van der Waals surface area contributed by atoms with Gasteiger partial charge in [0, 0.05) is 15.7 Å². The van der Waals surface area contributed by atoms with Crippen LogP contribution in [-0.4, -0.2) is 21.0 Å². The first kappa shape index (κ1) is 12.4. The molecule has 2 aromatic rings. The van der Waals surface area contributed by atoms with Crippen LogP contribution in [0.5, 0.6) is 0 Å². The summed E-state index contributed by atoms with van der Waals surface area (Å²) in [7, 11) is 0. The smallest absolute Gasteiger partial charge is 0.317 e. The molecule has 0 unspecified atom stereocenters. The third-order valence-electron chi connectivity index (χ3n) is 3.62. The van der Waals surface area contributed by atoms with Crippen LogP contribution < -0.4 is 0 Å². The molecule has 1 aliphatic carbocycles. The Bertz CT molecular complexity index is 642. The number of hydrogen-bond donors (Lipinski definition) is 2. The van der Waals surface area contributed by atoms with Crippen LogP contribution in [0.25, 0.3) is 11.3 Å². The molecule has 0 bridgehead atoms. The molecule has 98 valence electrons. The molecule has 1 aliphatic rings. The standard InChI is InChI=1S/C14H13BrN2O2/c1-8-11(9-2-4-10(15)5-3-9)17-12(16-8)14(6-7-14)13(18)19/h2-5H,6-7H2,1H3,(H,16,17)(H,18,19). The van der Waals surface area contributed by atoms with E-state index in [2.05, 4.69) is 25.9 Å². The molecule has 1 saturated carbocycles. The monoisotopic (exact) mass is 320 g/mol. The van der Waals surface area contributed by atoms with E-state index >= 15 is 0 Å². The van der Waals surface area contributed by atoms with Crippen LogP contribution in [-0.2, 0) is 10.2 Å². The Morgan fingerprint density at radius 2 is 2.00 bits per heavy atom. The number of nitrogens with zero attached hydrogens (tertiary/aromatic N) is 1. The largest absolute Gasteiger partial charge is 0.480 e. The van der Waals surface area contributed by atoms with E-state index in [1.807, 2.05) is 31.2 Å². The molecule has 1 fully saturated rings. The van der Waals surface area contributed by atoms with Crippen LogP contribution in [0.1, 0.15) is 24.4 Å². The van der Waals surface area contributed by atoms with E-state index in [-0.39, 0.29) is 0 Å².